The summed E-state index contributed by atoms with van der Waals surface area (Å²) in [6.45, 7) is 2.33. The van der Waals surface area contributed by atoms with Crippen molar-refractivity contribution in [2.24, 2.45) is 7.05 Å². The lowest BCUT2D eigenvalue weighted by Gasteiger charge is -2.05. The van der Waals surface area contributed by atoms with Gasteiger partial charge in [-0.05, 0) is 30.7 Å². The van der Waals surface area contributed by atoms with E-state index in [4.69, 9.17) is 0 Å². The second-order valence-corrected chi connectivity index (χ2v) is 5.97. The summed E-state index contributed by atoms with van der Waals surface area (Å²) >= 11 is 0. The fourth-order valence-electron chi connectivity index (χ4n) is 1.90. The summed E-state index contributed by atoms with van der Waals surface area (Å²) in [5, 5.41) is 1.12. The van der Waals surface area contributed by atoms with Crippen LogP contribution in [0.4, 0.5) is 0 Å². The van der Waals surface area contributed by atoms with Crippen LogP contribution in [0.2, 0.25) is 0 Å². The van der Waals surface area contributed by atoms with Gasteiger partial charge in [-0.15, -0.1) is 0 Å². The molecule has 0 bridgehead atoms. The van der Waals surface area contributed by atoms with Crippen molar-refractivity contribution in [1.82, 2.24) is 14.0 Å². The zero-order valence-electron chi connectivity index (χ0n) is 10.7. The first-order chi connectivity index (χ1) is 8.43. The molecule has 2 rings (SSSR count). The molecular weight excluding hydrogens is 250 g/mol. The van der Waals surface area contributed by atoms with E-state index in [1.54, 1.807) is 0 Å². The van der Waals surface area contributed by atoms with Gasteiger partial charge in [0.2, 0.25) is 0 Å². The molecule has 0 aliphatic rings. The van der Waals surface area contributed by atoms with Crippen molar-refractivity contribution in [2.45, 2.75) is 13.5 Å². The highest BCUT2D eigenvalue weighted by Gasteiger charge is 2.07. The van der Waals surface area contributed by atoms with Gasteiger partial charge in [-0.25, -0.2) is 4.72 Å². The third-order valence-corrected chi connectivity index (χ3v) is 4.14. The molecule has 0 fully saturated rings. The van der Waals surface area contributed by atoms with Gasteiger partial charge in [0.1, 0.15) is 0 Å². The molecule has 0 saturated heterocycles. The van der Waals surface area contributed by atoms with Crippen molar-refractivity contribution < 1.29 is 8.42 Å². The van der Waals surface area contributed by atoms with Crippen LogP contribution in [0.25, 0.3) is 10.9 Å². The average molecular weight is 267 g/mol. The summed E-state index contributed by atoms with van der Waals surface area (Å²) in [5.41, 5.74) is 3.26. The maximum Gasteiger partial charge on any atom is 0.276 e. The van der Waals surface area contributed by atoms with Crippen LogP contribution in [-0.2, 0) is 23.8 Å². The molecule has 0 spiro atoms. The van der Waals surface area contributed by atoms with E-state index >= 15 is 0 Å². The Balaban J connectivity index is 2.26. The molecule has 1 aromatic carbocycles. The van der Waals surface area contributed by atoms with E-state index in [9.17, 15) is 8.42 Å². The standard InChI is InChI=1S/C12H17N3O2S/c1-9-6-11-7-10(4-5-12(11)15(9)3)8-14-18(16,17)13-2/h4-7,13-14H,8H2,1-3H3. The molecule has 0 radical (unpaired) electrons. The highest BCUT2D eigenvalue weighted by atomic mass is 32.2. The predicted molar refractivity (Wildman–Crippen MR) is 72.5 cm³/mol. The Morgan fingerprint density at radius 1 is 1.28 bits per heavy atom. The average Bonchev–Trinajstić information content (AvgIpc) is 2.62. The van der Waals surface area contributed by atoms with Crippen molar-refractivity contribution in [3.05, 3.63) is 35.5 Å². The van der Waals surface area contributed by atoms with E-state index in [2.05, 4.69) is 20.1 Å². The first-order valence-corrected chi connectivity index (χ1v) is 7.14. The van der Waals surface area contributed by atoms with Gasteiger partial charge in [0, 0.05) is 37.2 Å². The Hall–Kier alpha value is -1.37. The lowest BCUT2D eigenvalue weighted by Crippen LogP contribution is -2.33. The maximum absolute atomic E-state index is 11.3. The predicted octanol–water partition coefficient (Wildman–Crippen LogP) is 1.04. The van der Waals surface area contributed by atoms with Crippen molar-refractivity contribution >= 4 is 21.1 Å². The van der Waals surface area contributed by atoms with Gasteiger partial charge in [-0.1, -0.05) is 6.07 Å². The van der Waals surface area contributed by atoms with Gasteiger partial charge in [0.15, 0.2) is 0 Å². The second kappa shape index (κ2) is 4.72. The summed E-state index contributed by atoms with van der Waals surface area (Å²) < 4.78 is 29.3. The van der Waals surface area contributed by atoms with Gasteiger partial charge in [-0.3, -0.25) is 0 Å². The highest BCUT2D eigenvalue weighted by Crippen LogP contribution is 2.19. The SMILES string of the molecule is CNS(=O)(=O)NCc1ccc2c(c1)cc(C)n2C. The van der Waals surface area contributed by atoms with Crippen LogP contribution < -0.4 is 9.44 Å². The Morgan fingerprint density at radius 2 is 2.00 bits per heavy atom. The second-order valence-electron chi connectivity index (χ2n) is 4.27. The van der Waals surface area contributed by atoms with Crippen LogP contribution in [0.1, 0.15) is 11.3 Å². The van der Waals surface area contributed by atoms with Crippen LogP contribution in [0.3, 0.4) is 0 Å². The van der Waals surface area contributed by atoms with Crippen LogP contribution in [0.5, 0.6) is 0 Å². The molecule has 18 heavy (non-hydrogen) atoms. The Bertz CT molecular complexity index is 674. The number of hydrogen-bond acceptors (Lipinski definition) is 2. The maximum atomic E-state index is 11.3. The molecule has 1 aromatic heterocycles. The van der Waals surface area contributed by atoms with E-state index in [-0.39, 0.29) is 6.54 Å². The summed E-state index contributed by atoms with van der Waals surface area (Å²) in [7, 11) is 0.0168. The number of aromatic nitrogens is 1. The van der Waals surface area contributed by atoms with Crippen molar-refractivity contribution in [3.63, 3.8) is 0 Å². The van der Waals surface area contributed by atoms with Crippen LogP contribution in [0.15, 0.2) is 24.3 Å². The topological polar surface area (TPSA) is 63.1 Å². The number of nitrogens with zero attached hydrogens (tertiary/aromatic N) is 1. The number of rotatable bonds is 4. The molecule has 0 amide bonds. The minimum Gasteiger partial charge on any atom is -0.348 e. The fraction of sp³-hybridized carbons (Fsp3) is 0.333. The van der Waals surface area contributed by atoms with E-state index in [0.29, 0.717) is 0 Å². The molecule has 2 aromatic rings. The van der Waals surface area contributed by atoms with Gasteiger partial charge >= 0.3 is 0 Å². The monoisotopic (exact) mass is 267 g/mol. The molecular formula is C12H17N3O2S. The highest BCUT2D eigenvalue weighted by molar-refractivity contribution is 7.87. The Kier molecular flexibility index (Phi) is 3.43. The van der Waals surface area contributed by atoms with E-state index in [1.165, 1.54) is 12.7 Å². The molecule has 5 nitrogen and oxygen atoms in total. The number of fused-ring (bicyclic) bond motifs is 1. The Labute approximate surface area is 107 Å². The quantitative estimate of drug-likeness (QED) is 0.869. The van der Waals surface area contributed by atoms with Gasteiger partial charge in [0.25, 0.3) is 10.2 Å². The molecule has 0 unspecified atom stereocenters. The first-order valence-electron chi connectivity index (χ1n) is 5.66. The number of hydrogen-bond donors (Lipinski definition) is 2. The van der Waals surface area contributed by atoms with Crippen molar-refractivity contribution in [3.8, 4) is 0 Å². The molecule has 0 atom stereocenters. The Morgan fingerprint density at radius 3 is 2.67 bits per heavy atom. The number of nitrogens with one attached hydrogen (secondary N) is 2. The van der Waals surface area contributed by atoms with Crippen molar-refractivity contribution in [1.29, 1.82) is 0 Å². The largest absolute Gasteiger partial charge is 0.348 e. The molecule has 0 saturated carbocycles. The van der Waals surface area contributed by atoms with E-state index < -0.39 is 10.2 Å². The summed E-state index contributed by atoms with van der Waals surface area (Å²) in [4.78, 5) is 0. The lowest BCUT2D eigenvalue weighted by atomic mass is 10.1. The molecule has 98 valence electrons. The summed E-state index contributed by atoms with van der Waals surface area (Å²) in [6, 6.07) is 8.03. The first kappa shape index (κ1) is 13.1. The van der Waals surface area contributed by atoms with Gasteiger partial charge < -0.3 is 4.57 Å². The minimum atomic E-state index is -3.38. The van der Waals surface area contributed by atoms with E-state index in [0.717, 1.165) is 16.5 Å². The fourth-order valence-corrected chi connectivity index (χ4v) is 2.40. The lowest BCUT2D eigenvalue weighted by molar-refractivity contribution is 0.573. The molecule has 6 heteroatoms. The summed E-state index contributed by atoms with van der Waals surface area (Å²) in [5.74, 6) is 0. The summed E-state index contributed by atoms with van der Waals surface area (Å²) in [6.07, 6.45) is 0. The number of aryl methyl sites for hydroxylation is 2. The van der Waals surface area contributed by atoms with Crippen LogP contribution in [0, 0.1) is 6.92 Å². The third-order valence-electron chi connectivity index (χ3n) is 3.08. The normalized spacial score (nSPS) is 12.2. The molecule has 0 aliphatic carbocycles. The number of benzene rings is 1. The molecule has 0 aliphatic heterocycles. The zero-order chi connectivity index (χ0) is 13.3. The smallest absolute Gasteiger partial charge is 0.276 e. The molecule has 1 heterocycles. The van der Waals surface area contributed by atoms with Gasteiger partial charge in [-0.2, -0.15) is 13.1 Å². The van der Waals surface area contributed by atoms with Gasteiger partial charge in [0.05, 0.1) is 0 Å². The minimum absolute atomic E-state index is 0.285. The zero-order valence-corrected chi connectivity index (χ0v) is 11.5. The van der Waals surface area contributed by atoms with E-state index in [1.807, 2.05) is 32.2 Å². The van der Waals surface area contributed by atoms with Crippen LogP contribution in [-0.4, -0.2) is 20.0 Å². The molecule has 2 N–H and O–H groups in total. The van der Waals surface area contributed by atoms with Crippen LogP contribution >= 0.6 is 0 Å². The third kappa shape index (κ3) is 2.55. The van der Waals surface area contributed by atoms with Crippen molar-refractivity contribution in [2.75, 3.05) is 7.05 Å².